The number of unbranched alkanes of at least 4 members (excludes halogenated alkanes) is 22. The van der Waals surface area contributed by atoms with E-state index in [0.29, 0.717) is 13.0 Å². The Morgan fingerprint density at radius 2 is 1.04 bits per heavy atom. The highest BCUT2D eigenvalue weighted by Crippen LogP contribution is 2.22. The van der Waals surface area contributed by atoms with E-state index >= 15 is 0 Å². The molecular weight excluding hydrogens is 600 g/mol. The Bertz CT molecular complexity index is 692. The Labute approximate surface area is 287 Å². The number of aliphatic hydroxyl groups excluding tert-OH is 4. The first-order valence-electron chi connectivity index (χ1n) is 19.6. The monoisotopic (exact) mass is 675 g/mol. The molecule has 9 nitrogen and oxygen atoms in total. The molecule has 280 valence electrons. The number of carbonyl (C=O) groups excluding carboxylic acids is 1. The van der Waals surface area contributed by atoms with Crippen LogP contribution in [0, 0.1) is 0 Å². The molecule has 1 aliphatic heterocycles. The third-order valence-corrected chi connectivity index (χ3v) is 9.27. The van der Waals surface area contributed by atoms with Gasteiger partial charge in [0.1, 0.15) is 30.5 Å². The molecule has 4 N–H and O–H groups in total. The van der Waals surface area contributed by atoms with Crippen molar-refractivity contribution in [3.8, 4) is 0 Å². The predicted molar refractivity (Wildman–Crippen MR) is 187 cm³/mol. The second-order valence-corrected chi connectivity index (χ2v) is 13.7. The van der Waals surface area contributed by atoms with Gasteiger partial charge in [-0.1, -0.05) is 155 Å². The fourth-order valence-corrected chi connectivity index (χ4v) is 6.14. The van der Waals surface area contributed by atoms with Gasteiger partial charge in [-0.2, -0.15) is 0 Å². The highest BCUT2D eigenvalue weighted by Gasteiger charge is 2.44. The maximum Gasteiger partial charge on any atom is 0.306 e. The van der Waals surface area contributed by atoms with Crippen LogP contribution in [0.3, 0.4) is 0 Å². The average molecular weight is 675 g/mol. The van der Waals surface area contributed by atoms with Crippen molar-refractivity contribution >= 4 is 5.97 Å². The highest BCUT2D eigenvalue weighted by molar-refractivity contribution is 5.69. The van der Waals surface area contributed by atoms with Crippen molar-refractivity contribution in [3.05, 3.63) is 0 Å². The predicted octanol–water partition coefficient (Wildman–Crippen LogP) is 7.52. The Balaban J connectivity index is 2.26. The molecule has 0 radical (unpaired) electrons. The normalized spacial score (nSPS) is 22.0. The standard InChI is InChI=1S/C38H74O9/c1-3-5-7-9-11-13-14-15-16-17-18-19-20-22-24-26-28-44-30-32(46-34(40)27-25-23-21-12-10-8-6-4-2)31-45-38-37(43)36(42)35(41)33(29-39)47-38/h32-33,35-39,41-43H,3-31H2,1-2H3. The van der Waals surface area contributed by atoms with Crippen LogP contribution in [-0.2, 0) is 23.7 Å². The van der Waals surface area contributed by atoms with Crippen molar-refractivity contribution in [3.63, 3.8) is 0 Å². The molecule has 6 atom stereocenters. The number of rotatable bonds is 33. The first kappa shape index (κ1) is 44.2. The lowest BCUT2D eigenvalue weighted by Gasteiger charge is -2.39. The van der Waals surface area contributed by atoms with Crippen LogP contribution >= 0.6 is 0 Å². The first-order valence-corrected chi connectivity index (χ1v) is 19.6. The van der Waals surface area contributed by atoms with Gasteiger partial charge in [-0.25, -0.2) is 0 Å². The van der Waals surface area contributed by atoms with Crippen LogP contribution in [0.25, 0.3) is 0 Å². The van der Waals surface area contributed by atoms with Crippen LogP contribution in [0.2, 0.25) is 0 Å². The van der Waals surface area contributed by atoms with Crippen LogP contribution < -0.4 is 0 Å². The number of hydrogen-bond acceptors (Lipinski definition) is 9. The molecule has 9 heteroatoms. The molecule has 1 saturated heterocycles. The van der Waals surface area contributed by atoms with Gasteiger partial charge in [0.2, 0.25) is 0 Å². The molecule has 0 aliphatic carbocycles. The fourth-order valence-electron chi connectivity index (χ4n) is 6.14. The fraction of sp³-hybridized carbons (Fsp3) is 0.974. The van der Waals surface area contributed by atoms with E-state index in [4.69, 9.17) is 18.9 Å². The van der Waals surface area contributed by atoms with E-state index < -0.39 is 43.4 Å². The van der Waals surface area contributed by atoms with E-state index in [-0.39, 0.29) is 19.2 Å². The number of aliphatic hydroxyl groups is 4. The molecule has 0 aromatic heterocycles. The molecule has 1 heterocycles. The number of hydrogen-bond donors (Lipinski definition) is 4. The second kappa shape index (κ2) is 31.2. The first-order chi connectivity index (χ1) is 22.9. The molecular formula is C38H74O9. The van der Waals surface area contributed by atoms with Crippen molar-refractivity contribution in [1.29, 1.82) is 0 Å². The van der Waals surface area contributed by atoms with Crippen LogP contribution in [-0.4, -0.2) is 89.6 Å². The second-order valence-electron chi connectivity index (χ2n) is 13.7. The van der Waals surface area contributed by atoms with Crippen molar-refractivity contribution in [2.75, 3.05) is 26.4 Å². The van der Waals surface area contributed by atoms with Gasteiger partial charge >= 0.3 is 5.97 Å². The van der Waals surface area contributed by atoms with E-state index in [1.54, 1.807) is 0 Å². The quantitative estimate of drug-likeness (QED) is 0.0412. The zero-order valence-electron chi connectivity index (χ0n) is 30.3. The molecule has 1 fully saturated rings. The van der Waals surface area contributed by atoms with E-state index in [2.05, 4.69) is 13.8 Å². The minimum absolute atomic E-state index is 0.106. The van der Waals surface area contributed by atoms with Gasteiger partial charge in [0.15, 0.2) is 6.29 Å². The summed E-state index contributed by atoms with van der Waals surface area (Å²) in [6.07, 6.45) is 22.8. The van der Waals surface area contributed by atoms with E-state index in [0.717, 1.165) is 32.1 Å². The Hall–Kier alpha value is -0.810. The summed E-state index contributed by atoms with van der Waals surface area (Å²) in [5.41, 5.74) is 0. The Morgan fingerprint density at radius 1 is 0.596 bits per heavy atom. The van der Waals surface area contributed by atoms with E-state index in [9.17, 15) is 25.2 Å². The summed E-state index contributed by atoms with van der Waals surface area (Å²) in [5, 5.41) is 39.9. The van der Waals surface area contributed by atoms with Crippen LogP contribution in [0.5, 0.6) is 0 Å². The average Bonchev–Trinajstić information content (AvgIpc) is 3.07. The molecule has 47 heavy (non-hydrogen) atoms. The third-order valence-electron chi connectivity index (χ3n) is 9.27. The molecule has 0 saturated carbocycles. The molecule has 0 aromatic rings. The summed E-state index contributed by atoms with van der Waals surface area (Å²) in [6.45, 7) is 4.55. The summed E-state index contributed by atoms with van der Waals surface area (Å²) in [4.78, 5) is 12.6. The summed E-state index contributed by atoms with van der Waals surface area (Å²) in [7, 11) is 0. The van der Waals surface area contributed by atoms with Crippen molar-refractivity contribution in [2.45, 2.75) is 211 Å². The van der Waals surface area contributed by atoms with E-state index in [1.165, 1.54) is 122 Å². The van der Waals surface area contributed by atoms with Gasteiger partial charge in [0.05, 0.1) is 19.8 Å². The number of ether oxygens (including phenoxy) is 4. The summed E-state index contributed by atoms with van der Waals surface area (Å²) in [6, 6.07) is 0. The molecule has 0 amide bonds. The summed E-state index contributed by atoms with van der Waals surface area (Å²) in [5.74, 6) is -0.315. The molecule has 0 spiro atoms. The third kappa shape index (κ3) is 23.3. The lowest BCUT2D eigenvalue weighted by Crippen LogP contribution is -2.59. The smallest absolute Gasteiger partial charge is 0.306 e. The van der Waals surface area contributed by atoms with Gasteiger partial charge in [0, 0.05) is 13.0 Å². The minimum Gasteiger partial charge on any atom is -0.457 e. The molecule has 6 unspecified atom stereocenters. The summed E-state index contributed by atoms with van der Waals surface area (Å²) < 4.78 is 22.7. The van der Waals surface area contributed by atoms with Crippen molar-refractivity contribution in [1.82, 2.24) is 0 Å². The van der Waals surface area contributed by atoms with Crippen LogP contribution in [0.15, 0.2) is 0 Å². The Kier molecular flexibility index (Phi) is 29.3. The summed E-state index contributed by atoms with van der Waals surface area (Å²) >= 11 is 0. The maximum atomic E-state index is 12.6. The van der Waals surface area contributed by atoms with Crippen LogP contribution in [0.1, 0.15) is 174 Å². The minimum atomic E-state index is -1.53. The topological polar surface area (TPSA) is 135 Å². The van der Waals surface area contributed by atoms with Gasteiger partial charge in [-0.3, -0.25) is 4.79 Å². The molecule has 1 rings (SSSR count). The number of esters is 1. The van der Waals surface area contributed by atoms with Gasteiger partial charge < -0.3 is 39.4 Å². The van der Waals surface area contributed by atoms with E-state index in [1.807, 2.05) is 0 Å². The zero-order valence-corrected chi connectivity index (χ0v) is 30.3. The lowest BCUT2D eigenvalue weighted by atomic mass is 9.99. The molecule has 1 aliphatic rings. The SMILES string of the molecule is CCCCCCCCCCCCCCCCCCOCC(COC1OC(CO)C(O)C(O)C1O)OC(=O)CCCCCCCCCC. The maximum absolute atomic E-state index is 12.6. The van der Waals surface area contributed by atoms with Gasteiger partial charge in [0.25, 0.3) is 0 Å². The van der Waals surface area contributed by atoms with Crippen molar-refractivity contribution in [2.24, 2.45) is 0 Å². The van der Waals surface area contributed by atoms with Crippen LogP contribution in [0.4, 0.5) is 0 Å². The van der Waals surface area contributed by atoms with Gasteiger partial charge in [-0.05, 0) is 12.8 Å². The molecule has 0 aromatic carbocycles. The highest BCUT2D eigenvalue weighted by atomic mass is 16.7. The molecule has 0 bridgehead atoms. The van der Waals surface area contributed by atoms with Crippen molar-refractivity contribution < 1.29 is 44.2 Å². The lowest BCUT2D eigenvalue weighted by molar-refractivity contribution is -0.305. The van der Waals surface area contributed by atoms with Gasteiger partial charge in [-0.15, -0.1) is 0 Å². The number of carbonyl (C=O) groups is 1. The zero-order chi connectivity index (χ0) is 34.4. The Morgan fingerprint density at radius 3 is 1.51 bits per heavy atom. The largest absolute Gasteiger partial charge is 0.457 e.